The fraction of sp³-hybridized carbons (Fsp3) is 0.667. The third-order valence-electron chi connectivity index (χ3n) is 4.07. The molecule has 144 valence electrons. The van der Waals surface area contributed by atoms with Crippen LogP contribution in [0, 0.1) is 0 Å². The summed E-state index contributed by atoms with van der Waals surface area (Å²) in [5.41, 5.74) is 0. The number of carbonyl (C=O) groups excluding carboxylic acids is 1. The van der Waals surface area contributed by atoms with Crippen molar-refractivity contribution in [1.29, 1.82) is 0 Å². The molecule has 0 aliphatic carbocycles. The van der Waals surface area contributed by atoms with Gasteiger partial charge in [-0.25, -0.2) is 9.68 Å². The number of allylic oxidation sites excluding steroid dienone is 4. The van der Waals surface area contributed by atoms with Crippen LogP contribution in [0.4, 0.5) is 0 Å². The first-order chi connectivity index (χ1) is 12.2. The highest BCUT2D eigenvalue weighted by molar-refractivity contribution is 5.82. The SMILES string of the molecule is CCCCCCCCCCCCC(C=CC=CC=CC(=O)OC)OO. The number of ether oxygens (including phenoxy) is 1. The van der Waals surface area contributed by atoms with E-state index < -0.39 is 0 Å². The third kappa shape index (κ3) is 17.2. The van der Waals surface area contributed by atoms with Crippen LogP contribution < -0.4 is 0 Å². The third-order valence-corrected chi connectivity index (χ3v) is 4.07. The second-order valence-corrected chi connectivity index (χ2v) is 6.27. The van der Waals surface area contributed by atoms with E-state index in [0.29, 0.717) is 0 Å². The molecule has 1 atom stereocenters. The first-order valence-corrected chi connectivity index (χ1v) is 9.64. The molecule has 0 spiro atoms. The maximum Gasteiger partial charge on any atom is 0.330 e. The van der Waals surface area contributed by atoms with Gasteiger partial charge in [-0.2, -0.15) is 0 Å². The maximum absolute atomic E-state index is 10.9. The number of rotatable bonds is 16. The molecule has 0 aromatic carbocycles. The second-order valence-electron chi connectivity index (χ2n) is 6.27. The van der Waals surface area contributed by atoms with Gasteiger partial charge >= 0.3 is 5.97 Å². The van der Waals surface area contributed by atoms with E-state index in [-0.39, 0.29) is 12.1 Å². The normalized spacial score (nSPS) is 13.2. The fourth-order valence-electron chi connectivity index (χ4n) is 2.54. The Morgan fingerprint density at radius 1 is 0.880 bits per heavy atom. The van der Waals surface area contributed by atoms with E-state index in [2.05, 4.69) is 16.5 Å². The molecule has 4 nitrogen and oxygen atoms in total. The molecule has 1 N–H and O–H groups in total. The Balaban J connectivity index is 3.64. The zero-order valence-corrected chi connectivity index (χ0v) is 16.0. The van der Waals surface area contributed by atoms with Gasteiger partial charge in [-0.05, 0) is 6.42 Å². The lowest BCUT2D eigenvalue weighted by Gasteiger charge is -2.08. The van der Waals surface area contributed by atoms with Gasteiger partial charge < -0.3 is 4.74 Å². The van der Waals surface area contributed by atoms with E-state index in [1.54, 1.807) is 24.3 Å². The standard InChI is InChI=1S/C21H36O4/c1-3-4-5-6-7-8-9-10-11-14-17-20(25-23)18-15-12-13-16-19-21(22)24-2/h12-13,15-16,18-20,23H,3-11,14,17H2,1-2H3. The van der Waals surface area contributed by atoms with Gasteiger partial charge in [0.1, 0.15) is 6.10 Å². The molecule has 0 amide bonds. The van der Waals surface area contributed by atoms with Crippen molar-refractivity contribution < 1.29 is 19.7 Å². The summed E-state index contributed by atoms with van der Waals surface area (Å²) in [7, 11) is 1.34. The Morgan fingerprint density at radius 2 is 1.44 bits per heavy atom. The lowest BCUT2D eigenvalue weighted by atomic mass is 10.0. The fourth-order valence-corrected chi connectivity index (χ4v) is 2.54. The molecule has 0 aromatic heterocycles. The number of methoxy groups -OCH3 is 1. The Kier molecular flexibility index (Phi) is 17.9. The molecule has 0 fully saturated rings. The van der Waals surface area contributed by atoms with Crippen molar-refractivity contribution in [3.05, 3.63) is 36.5 Å². The van der Waals surface area contributed by atoms with Crippen molar-refractivity contribution in [3.8, 4) is 0 Å². The first kappa shape index (κ1) is 23.6. The number of hydrogen-bond donors (Lipinski definition) is 1. The summed E-state index contributed by atoms with van der Waals surface area (Å²) >= 11 is 0. The summed E-state index contributed by atoms with van der Waals surface area (Å²) in [6, 6.07) is 0. The lowest BCUT2D eigenvalue weighted by Crippen LogP contribution is -2.06. The van der Waals surface area contributed by atoms with Crippen molar-refractivity contribution >= 4 is 5.97 Å². The summed E-state index contributed by atoms with van der Waals surface area (Å²) in [5.74, 6) is -0.383. The summed E-state index contributed by atoms with van der Waals surface area (Å²) in [5, 5.41) is 8.93. The van der Waals surface area contributed by atoms with E-state index in [1.807, 2.05) is 6.08 Å². The highest BCUT2D eigenvalue weighted by Gasteiger charge is 2.03. The summed E-state index contributed by atoms with van der Waals surface area (Å²) in [4.78, 5) is 15.3. The maximum atomic E-state index is 10.9. The van der Waals surface area contributed by atoms with Crippen molar-refractivity contribution in [2.75, 3.05) is 7.11 Å². The number of carbonyl (C=O) groups is 1. The number of esters is 1. The van der Waals surface area contributed by atoms with Crippen LogP contribution in [0.5, 0.6) is 0 Å². The zero-order chi connectivity index (χ0) is 18.6. The van der Waals surface area contributed by atoms with Gasteiger partial charge in [0.25, 0.3) is 0 Å². The summed E-state index contributed by atoms with van der Waals surface area (Å²) in [6.07, 6.45) is 23.5. The Labute approximate surface area is 153 Å². The molecule has 25 heavy (non-hydrogen) atoms. The summed E-state index contributed by atoms with van der Waals surface area (Å²) < 4.78 is 4.48. The van der Waals surface area contributed by atoms with Crippen LogP contribution in [0.2, 0.25) is 0 Å². The van der Waals surface area contributed by atoms with Crippen molar-refractivity contribution in [3.63, 3.8) is 0 Å². The average Bonchev–Trinajstić information content (AvgIpc) is 2.63. The molecule has 0 bridgehead atoms. The molecular weight excluding hydrogens is 316 g/mol. The number of unbranched alkanes of at least 4 members (excludes halogenated alkanes) is 9. The van der Waals surface area contributed by atoms with Gasteiger partial charge in [0.15, 0.2) is 0 Å². The molecule has 0 radical (unpaired) electrons. The number of hydrogen-bond acceptors (Lipinski definition) is 4. The molecule has 0 aliphatic heterocycles. The van der Waals surface area contributed by atoms with Gasteiger partial charge in [-0.1, -0.05) is 102 Å². The van der Waals surface area contributed by atoms with Gasteiger partial charge in [0, 0.05) is 6.08 Å². The first-order valence-electron chi connectivity index (χ1n) is 9.64. The monoisotopic (exact) mass is 352 g/mol. The molecule has 4 heteroatoms. The van der Waals surface area contributed by atoms with Crippen LogP contribution in [0.15, 0.2) is 36.5 Å². The van der Waals surface area contributed by atoms with Crippen LogP contribution in [0.1, 0.15) is 77.6 Å². The summed E-state index contributed by atoms with van der Waals surface area (Å²) in [6.45, 7) is 2.25. The predicted molar refractivity (Wildman–Crippen MR) is 103 cm³/mol. The lowest BCUT2D eigenvalue weighted by molar-refractivity contribution is -0.267. The Hall–Kier alpha value is -1.39. The molecular formula is C21H36O4. The topological polar surface area (TPSA) is 55.8 Å². The molecule has 0 heterocycles. The molecule has 0 saturated carbocycles. The second kappa shape index (κ2) is 18.9. The van der Waals surface area contributed by atoms with Gasteiger partial charge in [-0.15, -0.1) is 0 Å². The van der Waals surface area contributed by atoms with Crippen LogP contribution in [-0.4, -0.2) is 24.4 Å². The zero-order valence-electron chi connectivity index (χ0n) is 16.0. The minimum atomic E-state index is -0.383. The largest absolute Gasteiger partial charge is 0.466 e. The average molecular weight is 353 g/mol. The molecule has 1 unspecified atom stereocenters. The van der Waals surface area contributed by atoms with E-state index in [9.17, 15) is 4.79 Å². The van der Waals surface area contributed by atoms with Crippen LogP contribution in [0.25, 0.3) is 0 Å². The molecule has 0 aliphatic rings. The Morgan fingerprint density at radius 3 is 2.00 bits per heavy atom. The highest BCUT2D eigenvalue weighted by atomic mass is 17.1. The van der Waals surface area contributed by atoms with E-state index in [0.717, 1.165) is 12.8 Å². The van der Waals surface area contributed by atoms with Crippen LogP contribution >= 0.6 is 0 Å². The van der Waals surface area contributed by atoms with Gasteiger partial charge in [-0.3, -0.25) is 5.26 Å². The molecule has 0 saturated heterocycles. The van der Waals surface area contributed by atoms with Crippen molar-refractivity contribution in [2.24, 2.45) is 0 Å². The van der Waals surface area contributed by atoms with E-state index in [4.69, 9.17) is 5.26 Å². The van der Waals surface area contributed by atoms with E-state index in [1.165, 1.54) is 71.0 Å². The minimum absolute atomic E-state index is 0.275. The van der Waals surface area contributed by atoms with Crippen LogP contribution in [-0.2, 0) is 14.4 Å². The van der Waals surface area contributed by atoms with Gasteiger partial charge in [0.05, 0.1) is 7.11 Å². The van der Waals surface area contributed by atoms with E-state index >= 15 is 0 Å². The predicted octanol–water partition coefficient (Wildman–Crippen LogP) is 6.00. The van der Waals surface area contributed by atoms with Crippen molar-refractivity contribution in [2.45, 2.75) is 83.7 Å². The Bertz CT molecular complexity index is 385. The highest BCUT2D eigenvalue weighted by Crippen LogP contribution is 2.13. The minimum Gasteiger partial charge on any atom is -0.466 e. The van der Waals surface area contributed by atoms with Crippen LogP contribution in [0.3, 0.4) is 0 Å². The van der Waals surface area contributed by atoms with Crippen molar-refractivity contribution in [1.82, 2.24) is 0 Å². The smallest absolute Gasteiger partial charge is 0.330 e. The molecule has 0 aromatic rings. The molecule has 0 rings (SSSR count). The van der Waals surface area contributed by atoms with Gasteiger partial charge in [0.2, 0.25) is 0 Å². The quantitative estimate of drug-likeness (QED) is 0.0924.